The molecule has 1 aliphatic carbocycles. The van der Waals surface area contributed by atoms with Gasteiger partial charge in [-0.2, -0.15) is 0 Å². The van der Waals surface area contributed by atoms with Gasteiger partial charge in [0.1, 0.15) is 5.82 Å². The first-order valence-electron chi connectivity index (χ1n) is 6.45. The van der Waals surface area contributed by atoms with Crippen LogP contribution in [-0.4, -0.2) is 18.1 Å². The number of nitrogens with one attached hydrogen (secondary N) is 2. The van der Waals surface area contributed by atoms with Crippen molar-refractivity contribution in [2.24, 2.45) is 0 Å². The largest absolute Gasteiger partial charge is 0.335 e. The van der Waals surface area contributed by atoms with Gasteiger partial charge in [-0.1, -0.05) is 12.1 Å². The second kappa shape index (κ2) is 5.85. The molecule has 3 nitrogen and oxygen atoms in total. The first kappa shape index (κ1) is 12.9. The number of benzene rings is 1. The highest BCUT2D eigenvalue weighted by molar-refractivity contribution is 5.74. The third-order valence-electron chi connectivity index (χ3n) is 3.27. The van der Waals surface area contributed by atoms with Crippen LogP contribution in [0.2, 0.25) is 0 Å². The minimum atomic E-state index is -0.234. The lowest BCUT2D eigenvalue weighted by Crippen LogP contribution is -2.48. The van der Waals surface area contributed by atoms with Crippen LogP contribution in [0.3, 0.4) is 0 Å². The Kier molecular flexibility index (Phi) is 4.18. The highest BCUT2D eigenvalue weighted by Gasteiger charge is 2.19. The molecule has 0 saturated heterocycles. The fourth-order valence-corrected chi connectivity index (χ4v) is 2.03. The summed E-state index contributed by atoms with van der Waals surface area (Å²) in [6.07, 6.45) is 4.08. The molecule has 18 heavy (non-hydrogen) atoms. The van der Waals surface area contributed by atoms with E-state index >= 15 is 0 Å². The van der Waals surface area contributed by atoms with Crippen LogP contribution in [-0.2, 0) is 6.42 Å². The number of hydrogen-bond acceptors (Lipinski definition) is 1. The lowest BCUT2D eigenvalue weighted by atomic mass is 9.93. The van der Waals surface area contributed by atoms with Crippen LogP contribution in [0.5, 0.6) is 0 Å². The Hall–Kier alpha value is -1.58. The topological polar surface area (TPSA) is 41.1 Å². The zero-order valence-corrected chi connectivity index (χ0v) is 10.6. The third-order valence-corrected chi connectivity index (χ3v) is 3.27. The van der Waals surface area contributed by atoms with Crippen molar-refractivity contribution in [3.63, 3.8) is 0 Å². The summed E-state index contributed by atoms with van der Waals surface area (Å²) in [5, 5.41) is 5.83. The van der Waals surface area contributed by atoms with Crippen LogP contribution >= 0.6 is 0 Å². The summed E-state index contributed by atoms with van der Waals surface area (Å²) in [4.78, 5) is 11.6. The second-order valence-electron chi connectivity index (χ2n) is 4.98. The van der Waals surface area contributed by atoms with Crippen LogP contribution in [0.15, 0.2) is 24.3 Å². The van der Waals surface area contributed by atoms with E-state index in [0.29, 0.717) is 12.5 Å². The van der Waals surface area contributed by atoms with Gasteiger partial charge in [-0.25, -0.2) is 9.18 Å². The Morgan fingerprint density at radius 2 is 2.06 bits per heavy atom. The Morgan fingerprint density at radius 1 is 1.39 bits per heavy atom. The number of rotatable bonds is 4. The molecular weight excluding hydrogens is 231 g/mol. The normalized spacial score (nSPS) is 16.8. The molecule has 98 valence electrons. The molecule has 1 aliphatic rings. The predicted molar refractivity (Wildman–Crippen MR) is 68.9 cm³/mol. The van der Waals surface area contributed by atoms with Gasteiger partial charge in [0.05, 0.1) is 0 Å². The second-order valence-corrected chi connectivity index (χ2v) is 4.98. The summed E-state index contributed by atoms with van der Waals surface area (Å²) >= 11 is 0. The van der Waals surface area contributed by atoms with Crippen LogP contribution in [0.4, 0.5) is 9.18 Å². The number of halogens is 1. The zero-order chi connectivity index (χ0) is 13.0. The highest BCUT2D eigenvalue weighted by Crippen LogP contribution is 2.17. The van der Waals surface area contributed by atoms with E-state index in [1.807, 2.05) is 6.92 Å². The predicted octanol–water partition coefficient (Wildman–Crippen LogP) is 2.61. The maximum Gasteiger partial charge on any atom is 0.315 e. The summed E-state index contributed by atoms with van der Waals surface area (Å²) in [6, 6.07) is 6.66. The Balaban J connectivity index is 1.75. The van der Waals surface area contributed by atoms with Gasteiger partial charge in [-0.05, 0) is 50.3 Å². The van der Waals surface area contributed by atoms with Gasteiger partial charge in [-0.3, -0.25) is 0 Å². The summed E-state index contributed by atoms with van der Waals surface area (Å²) < 4.78 is 12.7. The average Bonchev–Trinajstić information content (AvgIpc) is 2.27. The first-order chi connectivity index (χ1) is 8.63. The van der Waals surface area contributed by atoms with Gasteiger partial charge in [0.2, 0.25) is 0 Å². The smallest absolute Gasteiger partial charge is 0.315 e. The summed E-state index contributed by atoms with van der Waals surface area (Å²) in [7, 11) is 0. The van der Waals surface area contributed by atoms with Gasteiger partial charge in [-0.15, -0.1) is 0 Å². The molecule has 2 N–H and O–H groups in total. The number of amides is 2. The van der Waals surface area contributed by atoms with Gasteiger partial charge < -0.3 is 10.6 Å². The molecule has 0 aromatic heterocycles. The van der Waals surface area contributed by atoms with Crippen molar-refractivity contribution < 1.29 is 9.18 Å². The van der Waals surface area contributed by atoms with Crippen LogP contribution in [0, 0.1) is 5.82 Å². The number of carbonyl (C=O) groups is 1. The van der Waals surface area contributed by atoms with Gasteiger partial charge in [0, 0.05) is 12.1 Å². The molecule has 1 aromatic carbocycles. The zero-order valence-electron chi connectivity index (χ0n) is 10.6. The van der Waals surface area contributed by atoms with Crippen molar-refractivity contribution in [2.45, 2.75) is 44.7 Å². The molecule has 0 bridgehead atoms. The van der Waals surface area contributed by atoms with Gasteiger partial charge in [0.25, 0.3) is 0 Å². The number of hydrogen-bond donors (Lipinski definition) is 2. The van der Waals surface area contributed by atoms with E-state index in [9.17, 15) is 9.18 Å². The van der Waals surface area contributed by atoms with E-state index in [0.717, 1.165) is 18.4 Å². The molecule has 1 atom stereocenters. The summed E-state index contributed by atoms with van der Waals surface area (Å²) in [5.74, 6) is -0.234. The Bertz CT molecular complexity index is 401. The lowest BCUT2D eigenvalue weighted by Gasteiger charge is -2.27. The fraction of sp³-hybridized carbons (Fsp3) is 0.500. The Morgan fingerprint density at radius 3 is 2.61 bits per heavy atom. The first-order valence-corrected chi connectivity index (χ1v) is 6.45. The molecule has 2 amide bonds. The van der Waals surface area contributed by atoms with Crippen LogP contribution < -0.4 is 10.6 Å². The van der Waals surface area contributed by atoms with E-state index in [4.69, 9.17) is 0 Å². The maximum absolute atomic E-state index is 12.7. The molecular formula is C14H19FN2O. The average molecular weight is 250 g/mol. The summed E-state index contributed by atoms with van der Waals surface area (Å²) in [5.41, 5.74) is 1.02. The Labute approximate surface area is 107 Å². The molecule has 0 radical (unpaired) electrons. The van der Waals surface area contributed by atoms with Gasteiger partial charge >= 0.3 is 6.03 Å². The van der Waals surface area contributed by atoms with Gasteiger partial charge in [0.15, 0.2) is 0 Å². The van der Waals surface area contributed by atoms with Crippen LogP contribution in [0.1, 0.15) is 31.7 Å². The minimum absolute atomic E-state index is 0.0375. The maximum atomic E-state index is 12.7. The van der Waals surface area contributed by atoms with E-state index in [-0.39, 0.29) is 17.9 Å². The molecule has 4 heteroatoms. The highest BCUT2D eigenvalue weighted by atomic mass is 19.1. The molecule has 0 spiro atoms. The van der Waals surface area contributed by atoms with Crippen molar-refractivity contribution in [2.75, 3.05) is 0 Å². The van der Waals surface area contributed by atoms with Crippen molar-refractivity contribution in [3.8, 4) is 0 Å². The quantitative estimate of drug-likeness (QED) is 0.847. The SMILES string of the molecule is CC(Cc1ccc(F)cc1)NC(=O)NC1CCC1. The van der Waals surface area contributed by atoms with Crippen molar-refractivity contribution >= 4 is 6.03 Å². The third kappa shape index (κ3) is 3.72. The van der Waals surface area contributed by atoms with E-state index in [1.165, 1.54) is 18.6 Å². The summed E-state index contributed by atoms with van der Waals surface area (Å²) in [6.45, 7) is 1.95. The van der Waals surface area contributed by atoms with E-state index in [2.05, 4.69) is 10.6 Å². The molecule has 2 rings (SSSR count). The number of urea groups is 1. The minimum Gasteiger partial charge on any atom is -0.335 e. The molecule has 1 unspecified atom stereocenters. The molecule has 1 aromatic rings. The van der Waals surface area contributed by atoms with Crippen molar-refractivity contribution in [1.29, 1.82) is 0 Å². The fourth-order valence-electron chi connectivity index (χ4n) is 2.03. The molecule has 1 fully saturated rings. The van der Waals surface area contributed by atoms with Crippen LogP contribution in [0.25, 0.3) is 0 Å². The van der Waals surface area contributed by atoms with E-state index < -0.39 is 0 Å². The standard InChI is InChI=1S/C14H19FN2O/c1-10(9-11-5-7-12(15)8-6-11)16-14(18)17-13-3-2-4-13/h5-8,10,13H,2-4,9H2,1H3,(H2,16,17,18). The molecule has 0 heterocycles. The number of carbonyl (C=O) groups excluding carboxylic acids is 1. The monoisotopic (exact) mass is 250 g/mol. The van der Waals surface area contributed by atoms with E-state index in [1.54, 1.807) is 12.1 Å². The molecule has 0 aliphatic heterocycles. The lowest BCUT2D eigenvalue weighted by molar-refractivity contribution is 0.225. The van der Waals surface area contributed by atoms with Crippen molar-refractivity contribution in [1.82, 2.24) is 10.6 Å². The molecule has 1 saturated carbocycles. The van der Waals surface area contributed by atoms with Crippen molar-refractivity contribution in [3.05, 3.63) is 35.6 Å².